The molecule has 0 aliphatic heterocycles. The van der Waals surface area contributed by atoms with Crippen molar-refractivity contribution in [1.29, 1.82) is 0 Å². The van der Waals surface area contributed by atoms with E-state index in [1.165, 1.54) is 0 Å². The average Bonchev–Trinajstić information content (AvgIpc) is 3.46. The fourth-order valence-corrected chi connectivity index (χ4v) is 2.67. The summed E-state index contributed by atoms with van der Waals surface area (Å²) in [5, 5.41) is 6.07. The molecule has 0 aromatic heterocycles. The lowest BCUT2D eigenvalue weighted by atomic mass is 10.1. The van der Waals surface area contributed by atoms with E-state index in [2.05, 4.69) is 10.6 Å². The maximum absolute atomic E-state index is 12.3. The number of benzene rings is 2. The molecule has 0 heterocycles. The monoisotopic (exact) mass is 338 g/mol. The summed E-state index contributed by atoms with van der Waals surface area (Å²) < 4.78 is 5.18. The number of hydrogen-bond acceptors (Lipinski definition) is 4. The maximum Gasteiger partial charge on any atom is 0.340 e. The van der Waals surface area contributed by atoms with Gasteiger partial charge in [0, 0.05) is 11.7 Å². The summed E-state index contributed by atoms with van der Waals surface area (Å²) >= 11 is 0. The van der Waals surface area contributed by atoms with Gasteiger partial charge < -0.3 is 15.4 Å². The van der Waals surface area contributed by atoms with E-state index in [4.69, 9.17) is 4.74 Å². The Labute approximate surface area is 147 Å². The van der Waals surface area contributed by atoms with Gasteiger partial charge in [-0.05, 0) is 49.9 Å². The van der Waals surface area contributed by atoms with E-state index in [0.717, 1.165) is 18.5 Å². The number of para-hydroxylation sites is 2. The van der Waals surface area contributed by atoms with Gasteiger partial charge in [-0.25, -0.2) is 4.79 Å². The zero-order chi connectivity index (χ0) is 17.6. The molecule has 2 N–H and O–H groups in total. The van der Waals surface area contributed by atoms with Crippen molar-refractivity contribution in [3.05, 3.63) is 60.2 Å². The summed E-state index contributed by atoms with van der Waals surface area (Å²) in [5.41, 5.74) is 1.92. The van der Waals surface area contributed by atoms with Crippen LogP contribution in [0.15, 0.2) is 54.6 Å². The number of carbonyl (C=O) groups excluding carboxylic acids is 2. The molecule has 5 heteroatoms. The van der Waals surface area contributed by atoms with Gasteiger partial charge in [-0.15, -0.1) is 0 Å². The van der Waals surface area contributed by atoms with Crippen LogP contribution >= 0.6 is 0 Å². The first-order valence-corrected chi connectivity index (χ1v) is 8.51. The molecular formula is C20H22N2O3. The van der Waals surface area contributed by atoms with Gasteiger partial charge >= 0.3 is 5.97 Å². The first-order chi connectivity index (χ1) is 12.1. The van der Waals surface area contributed by atoms with Gasteiger partial charge in [0.15, 0.2) is 6.61 Å². The predicted molar refractivity (Wildman–Crippen MR) is 96.8 cm³/mol. The molecule has 0 radical (unpaired) electrons. The zero-order valence-corrected chi connectivity index (χ0v) is 14.2. The molecule has 1 saturated carbocycles. The normalized spacial score (nSPS) is 14.4. The van der Waals surface area contributed by atoms with Crippen LogP contribution in [-0.4, -0.2) is 24.5 Å². The predicted octanol–water partition coefficient (Wildman–Crippen LogP) is 3.50. The molecule has 0 bridgehead atoms. The minimum Gasteiger partial charge on any atom is -0.452 e. The molecule has 0 spiro atoms. The highest BCUT2D eigenvalue weighted by Crippen LogP contribution is 2.32. The van der Waals surface area contributed by atoms with Gasteiger partial charge in [-0.1, -0.05) is 30.3 Å². The summed E-state index contributed by atoms with van der Waals surface area (Å²) in [5.74, 6) is -0.218. The molecule has 1 aliphatic rings. The van der Waals surface area contributed by atoms with Gasteiger partial charge in [0.2, 0.25) is 0 Å². The minimum atomic E-state index is -0.520. The van der Waals surface area contributed by atoms with Crippen LogP contribution in [0, 0.1) is 5.92 Å². The Hall–Kier alpha value is -2.82. The Morgan fingerprint density at radius 1 is 1.08 bits per heavy atom. The second kappa shape index (κ2) is 7.83. The summed E-state index contributed by atoms with van der Waals surface area (Å²) in [6.45, 7) is 1.71. The Morgan fingerprint density at radius 2 is 1.76 bits per heavy atom. The molecule has 1 fully saturated rings. The zero-order valence-electron chi connectivity index (χ0n) is 14.2. The lowest BCUT2D eigenvalue weighted by Gasteiger charge is -2.14. The third-order valence-corrected chi connectivity index (χ3v) is 4.25. The average molecular weight is 338 g/mol. The lowest BCUT2D eigenvalue weighted by Crippen LogP contribution is -2.37. The standard InChI is InChI=1S/C20H22N2O3/c1-14(15-11-12-15)21-19(23)13-25-20(24)17-9-5-6-10-18(17)22-16-7-3-2-4-8-16/h2-10,14-15,22H,11-13H2,1H3,(H,21,23)/t14-/m1/s1. The Kier molecular flexibility index (Phi) is 5.33. The molecule has 2 aromatic rings. The quantitative estimate of drug-likeness (QED) is 0.758. The van der Waals surface area contributed by atoms with Crippen LogP contribution in [0.4, 0.5) is 11.4 Å². The van der Waals surface area contributed by atoms with Crippen LogP contribution in [0.5, 0.6) is 0 Å². The molecule has 130 valence electrons. The number of carbonyl (C=O) groups is 2. The summed E-state index contributed by atoms with van der Waals surface area (Å²) in [6, 6.07) is 16.8. The lowest BCUT2D eigenvalue weighted by molar-refractivity contribution is -0.124. The molecule has 25 heavy (non-hydrogen) atoms. The second-order valence-corrected chi connectivity index (χ2v) is 6.31. The summed E-state index contributed by atoms with van der Waals surface area (Å²) in [6.07, 6.45) is 2.31. The molecule has 0 unspecified atom stereocenters. The molecular weight excluding hydrogens is 316 g/mol. The highest BCUT2D eigenvalue weighted by molar-refractivity contribution is 5.97. The molecule has 1 atom stereocenters. The first kappa shape index (κ1) is 17.0. The number of amides is 1. The SMILES string of the molecule is C[C@@H](NC(=O)COC(=O)c1ccccc1Nc1ccccc1)C1CC1. The van der Waals surface area contributed by atoms with Crippen LogP contribution in [-0.2, 0) is 9.53 Å². The number of anilines is 2. The van der Waals surface area contributed by atoms with Gasteiger partial charge in [0.05, 0.1) is 11.3 Å². The highest BCUT2D eigenvalue weighted by atomic mass is 16.5. The van der Waals surface area contributed by atoms with E-state index >= 15 is 0 Å². The second-order valence-electron chi connectivity index (χ2n) is 6.31. The molecule has 2 aromatic carbocycles. The van der Waals surface area contributed by atoms with Crippen LogP contribution in [0.1, 0.15) is 30.1 Å². The third-order valence-electron chi connectivity index (χ3n) is 4.25. The molecule has 5 nitrogen and oxygen atoms in total. The van der Waals surface area contributed by atoms with Crippen molar-refractivity contribution in [2.24, 2.45) is 5.92 Å². The number of rotatable bonds is 7. The van der Waals surface area contributed by atoms with Gasteiger partial charge in [-0.3, -0.25) is 4.79 Å². The fourth-order valence-electron chi connectivity index (χ4n) is 2.67. The van der Waals surface area contributed by atoms with Crippen molar-refractivity contribution in [3.8, 4) is 0 Å². The Balaban J connectivity index is 1.59. The molecule has 1 aliphatic carbocycles. The van der Waals surface area contributed by atoms with Crippen molar-refractivity contribution in [3.63, 3.8) is 0 Å². The van der Waals surface area contributed by atoms with Crippen LogP contribution < -0.4 is 10.6 Å². The van der Waals surface area contributed by atoms with Gasteiger partial charge in [-0.2, -0.15) is 0 Å². The van der Waals surface area contributed by atoms with Crippen molar-refractivity contribution in [2.75, 3.05) is 11.9 Å². The third kappa shape index (κ3) is 4.83. The van der Waals surface area contributed by atoms with Crippen molar-refractivity contribution >= 4 is 23.3 Å². The van der Waals surface area contributed by atoms with Crippen LogP contribution in [0.25, 0.3) is 0 Å². The van der Waals surface area contributed by atoms with E-state index in [1.807, 2.05) is 43.3 Å². The summed E-state index contributed by atoms with van der Waals surface area (Å²) in [7, 11) is 0. The maximum atomic E-state index is 12.3. The van der Waals surface area contributed by atoms with Crippen molar-refractivity contribution in [1.82, 2.24) is 5.32 Å². The van der Waals surface area contributed by atoms with E-state index < -0.39 is 5.97 Å². The molecule has 1 amide bonds. The Morgan fingerprint density at radius 3 is 2.48 bits per heavy atom. The minimum absolute atomic E-state index is 0.137. The first-order valence-electron chi connectivity index (χ1n) is 8.51. The van der Waals surface area contributed by atoms with E-state index in [1.54, 1.807) is 18.2 Å². The molecule has 0 saturated heterocycles. The fraction of sp³-hybridized carbons (Fsp3) is 0.300. The van der Waals surface area contributed by atoms with E-state index in [9.17, 15) is 9.59 Å². The smallest absolute Gasteiger partial charge is 0.340 e. The number of esters is 1. The van der Waals surface area contributed by atoms with Crippen molar-refractivity contribution < 1.29 is 14.3 Å². The van der Waals surface area contributed by atoms with Crippen molar-refractivity contribution in [2.45, 2.75) is 25.8 Å². The number of hydrogen-bond donors (Lipinski definition) is 2. The van der Waals surface area contributed by atoms with Crippen LogP contribution in [0.2, 0.25) is 0 Å². The highest BCUT2D eigenvalue weighted by Gasteiger charge is 2.29. The number of ether oxygens (including phenoxy) is 1. The largest absolute Gasteiger partial charge is 0.452 e. The number of nitrogens with one attached hydrogen (secondary N) is 2. The van der Waals surface area contributed by atoms with Gasteiger partial charge in [0.1, 0.15) is 0 Å². The topological polar surface area (TPSA) is 67.4 Å². The van der Waals surface area contributed by atoms with E-state index in [-0.39, 0.29) is 18.6 Å². The van der Waals surface area contributed by atoms with Gasteiger partial charge in [0.25, 0.3) is 5.91 Å². The summed E-state index contributed by atoms with van der Waals surface area (Å²) in [4.78, 5) is 24.2. The Bertz CT molecular complexity index is 742. The van der Waals surface area contributed by atoms with E-state index in [0.29, 0.717) is 17.2 Å². The molecule has 3 rings (SSSR count). The van der Waals surface area contributed by atoms with Crippen LogP contribution in [0.3, 0.4) is 0 Å².